The van der Waals surface area contributed by atoms with Gasteiger partial charge in [0.2, 0.25) is 5.89 Å². The lowest BCUT2D eigenvalue weighted by atomic mass is 9.86. The molecule has 4 nitrogen and oxygen atoms in total. The van der Waals surface area contributed by atoms with Crippen LogP contribution in [0.15, 0.2) is 34.9 Å². The highest BCUT2D eigenvalue weighted by Crippen LogP contribution is 2.31. The van der Waals surface area contributed by atoms with Gasteiger partial charge in [0.1, 0.15) is 0 Å². The van der Waals surface area contributed by atoms with Gasteiger partial charge in [0, 0.05) is 18.4 Å². The highest BCUT2D eigenvalue weighted by Gasteiger charge is 2.24. The number of aryl methyl sites for hydroxylation is 2. The molecule has 4 heteroatoms. The van der Waals surface area contributed by atoms with Gasteiger partial charge >= 0.3 is 0 Å². The average molecular weight is 271 g/mol. The van der Waals surface area contributed by atoms with E-state index in [0.717, 1.165) is 50.2 Å². The van der Waals surface area contributed by atoms with Crippen molar-refractivity contribution in [1.82, 2.24) is 10.1 Å². The zero-order valence-electron chi connectivity index (χ0n) is 11.7. The van der Waals surface area contributed by atoms with Crippen LogP contribution in [0.4, 0.5) is 0 Å². The molecule has 0 aliphatic heterocycles. The van der Waals surface area contributed by atoms with E-state index >= 15 is 0 Å². The number of hydrogen-bond acceptors (Lipinski definition) is 4. The van der Waals surface area contributed by atoms with Crippen LogP contribution in [0.3, 0.4) is 0 Å². The molecule has 106 valence electrons. The van der Waals surface area contributed by atoms with Crippen molar-refractivity contribution in [2.75, 3.05) is 0 Å². The monoisotopic (exact) mass is 271 g/mol. The summed E-state index contributed by atoms with van der Waals surface area (Å²) in [5.74, 6) is 2.03. The molecule has 1 saturated carbocycles. The Bertz CT molecular complexity index is 530. The van der Waals surface area contributed by atoms with Crippen LogP contribution in [0.2, 0.25) is 0 Å². The number of aromatic nitrogens is 2. The predicted octanol–water partition coefficient (Wildman–Crippen LogP) is 2.84. The zero-order chi connectivity index (χ0) is 13.8. The molecule has 2 aromatic rings. The summed E-state index contributed by atoms with van der Waals surface area (Å²) >= 11 is 0. The first-order valence-electron chi connectivity index (χ1n) is 7.43. The first-order chi connectivity index (χ1) is 9.81. The Hall–Kier alpha value is -1.68. The van der Waals surface area contributed by atoms with Gasteiger partial charge in [-0.15, -0.1) is 0 Å². The Labute approximate surface area is 119 Å². The first-order valence-corrected chi connectivity index (χ1v) is 7.43. The summed E-state index contributed by atoms with van der Waals surface area (Å²) < 4.78 is 5.43. The SMILES string of the molecule is NC1CCC(c2nc(CCc3ccccc3)no2)CC1. The molecule has 1 aliphatic carbocycles. The summed E-state index contributed by atoms with van der Waals surface area (Å²) in [5, 5.41) is 4.11. The van der Waals surface area contributed by atoms with Crippen LogP contribution in [0.1, 0.15) is 48.9 Å². The van der Waals surface area contributed by atoms with Crippen molar-refractivity contribution in [1.29, 1.82) is 0 Å². The van der Waals surface area contributed by atoms with Crippen LogP contribution in [-0.2, 0) is 12.8 Å². The van der Waals surface area contributed by atoms with Crippen molar-refractivity contribution >= 4 is 0 Å². The van der Waals surface area contributed by atoms with Gasteiger partial charge in [0.25, 0.3) is 0 Å². The summed E-state index contributed by atoms with van der Waals surface area (Å²) in [6, 6.07) is 10.8. The summed E-state index contributed by atoms with van der Waals surface area (Å²) in [6.07, 6.45) is 6.05. The number of nitrogens with zero attached hydrogens (tertiary/aromatic N) is 2. The number of rotatable bonds is 4. The fourth-order valence-electron chi connectivity index (χ4n) is 2.80. The fourth-order valence-corrected chi connectivity index (χ4v) is 2.80. The Kier molecular flexibility index (Phi) is 4.11. The van der Waals surface area contributed by atoms with Crippen molar-refractivity contribution < 1.29 is 4.52 Å². The molecule has 0 atom stereocenters. The van der Waals surface area contributed by atoms with E-state index in [4.69, 9.17) is 10.3 Å². The minimum atomic E-state index is 0.353. The average Bonchev–Trinajstić information content (AvgIpc) is 2.96. The van der Waals surface area contributed by atoms with Crippen LogP contribution < -0.4 is 5.73 Å². The van der Waals surface area contributed by atoms with E-state index < -0.39 is 0 Å². The second-order valence-corrected chi connectivity index (χ2v) is 5.65. The molecule has 20 heavy (non-hydrogen) atoms. The maximum atomic E-state index is 5.93. The normalized spacial score (nSPS) is 22.9. The van der Waals surface area contributed by atoms with Gasteiger partial charge < -0.3 is 10.3 Å². The molecule has 0 unspecified atom stereocenters. The van der Waals surface area contributed by atoms with E-state index in [1.165, 1.54) is 5.56 Å². The molecule has 1 aromatic heterocycles. The molecule has 0 bridgehead atoms. The Morgan fingerprint density at radius 2 is 1.80 bits per heavy atom. The number of benzene rings is 1. The molecular weight excluding hydrogens is 250 g/mol. The van der Waals surface area contributed by atoms with E-state index in [1.54, 1.807) is 0 Å². The molecule has 0 amide bonds. The second-order valence-electron chi connectivity index (χ2n) is 5.65. The molecule has 1 aliphatic rings. The van der Waals surface area contributed by atoms with Crippen LogP contribution in [0.5, 0.6) is 0 Å². The van der Waals surface area contributed by atoms with Crippen molar-refractivity contribution in [2.24, 2.45) is 5.73 Å². The quantitative estimate of drug-likeness (QED) is 0.928. The van der Waals surface area contributed by atoms with E-state index in [9.17, 15) is 0 Å². The van der Waals surface area contributed by atoms with Gasteiger partial charge in [-0.25, -0.2) is 0 Å². The van der Waals surface area contributed by atoms with Gasteiger partial charge in [-0.3, -0.25) is 0 Å². The lowest BCUT2D eigenvalue weighted by Gasteiger charge is -2.22. The maximum absolute atomic E-state index is 5.93. The van der Waals surface area contributed by atoms with E-state index in [0.29, 0.717) is 12.0 Å². The second kappa shape index (κ2) is 6.18. The predicted molar refractivity (Wildman–Crippen MR) is 77.3 cm³/mol. The summed E-state index contributed by atoms with van der Waals surface area (Å²) in [5.41, 5.74) is 7.23. The third-order valence-corrected chi connectivity index (χ3v) is 4.08. The van der Waals surface area contributed by atoms with Crippen LogP contribution in [0.25, 0.3) is 0 Å². The number of nitrogens with two attached hydrogens (primary N) is 1. The van der Waals surface area contributed by atoms with Crippen molar-refractivity contribution in [2.45, 2.75) is 50.5 Å². The fraction of sp³-hybridized carbons (Fsp3) is 0.500. The van der Waals surface area contributed by atoms with Crippen LogP contribution in [-0.4, -0.2) is 16.2 Å². The largest absolute Gasteiger partial charge is 0.339 e. The van der Waals surface area contributed by atoms with Crippen molar-refractivity contribution in [3.63, 3.8) is 0 Å². The first kappa shape index (κ1) is 13.3. The molecule has 1 heterocycles. The lowest BCUT2D eigenvalue weighted by Crippen LogP contribution is -2.25. The smallest absolute Gasteiger partial charge is 0.229 e. The molecule has 0 saturated heterocycles. The van der Waals surface area contributed by atoms with Crippen LogP contribution >= 0.6 is 0 Å². The molecule has 0 spiro atoms. The van der Waals surface area contributed by atoms with Gasteiger partial charge in [-0.1, -0.05) is 35.5 Å². The Balaban J connectivity index is 1.57. The van der Waals surface area contributed by atoms with Gasteiger partial charge in [0.05, 0.1) is 0 Å². The van der Waals surface area contributed by atoms with Crippen LogP contribution in [0, 0.1) is 0 Å². The van der Waals surface area contributed by atoms with Gasteiger partial charge in [-0.2, -0.15) is 4.98 Å². The highest BCUT2D eigenvalue weighted by molar-refractivity contribution is 5.15. The maximum Gasteiger partial charge on any atom is 0.229 e. The summed E-state index contributed by atoms with van der Waals surface area (Å²) in [7, 11) is 0. The molecular formula is C16H21N3O. The zero-order valence-corrected chi connectivity index (χ0v) is 11.7. The minimum absolute atomic E-state index is 0.353. The van der Waals surface area contributed by atoms with Gasteiger partial charge in [0.15, 0.2) is 5.82 Å². The van der Waals surface area contributed by atoms with Gasteiger partial charge in [-0.05, 0) is 37.7 Å². The van der Waals surface area contributed by atoms with E-state index in [2.05, 4.69) is 34.4 Å². The van der Waals surface area contributed by atoms with E-state index in [1.807, 2.05) is 6.07 Å². The topological polar surface area (TPSA) is 64.9 Å². The third-order valence-electron chi connectivity index (χ3n) is 4.08. The van der Waals surface area contributed by atoms with Crippen molar-refractivity contribution in [3.05, 3.63) is 47.6 Å². The molecule has 0 radical (unpaired) electrons. The Morgan fingerprint density at radius 3 is 2.55 bits per heavy atom. The molecule has 2 N–H and O–H groups in total. The Morgan fingerprint density at radius 1 is 1.05 bits per heavy atom. The van der Waals surface area contributed by atoms with Crippen molar-refractivity contribution in [3.8, 4) is 0 Å². The summed E-state index contributed by atoms with van der Waals surface area (Å²) in [6.45, 7) is 0. The molecule has 3 rings (SSSR count). The standard InChI is InChI=1S/C16H21N3O/c17-14-9-7-13(8-10-14)16-18-15(19-20-16)11-6-12-4-2-1-3-5-12/h1-5,13-14H,6-11,17H2. The summed E-state index contributed by atoms with van der Waals surface area (Å²) in [4.78, 5) is 4.56. The van der Waals surface area contributed by atoms with E-state index in [-0.39, 0.29) is 0 Å². The lowest BCUT2D eigenvalue weighted by molar-refractivity contribution is 0.300. The third kappa shape index (κ3) is 3.25. The number of hydrogen-bond donors (Lipinski definition) is 1. The molecule has 1 aromatic carbocycles. The highest BCUT2D eigenvalue weighted by atomic mass is 16.5. The molecule has 1 fully saturated rings. The minimum Gasteiger partial charge on any atom is -0.339 e.